The number of benzene rings is 1. The van der Waals surface area contributed by atoms with Crippen molar-refractivity contribution in [3.05, 3.63) is 54.1 Å². The third-order valence-electron chi connectivity index (χ3n) is 3.22. The molecule has 6 nitrogen and oxygen atoms in total. The molecule has 106 valence electrons. The first kappa shape index (κ1) is 13.1. The van der Waals surface area contributed by atoms with Gasteiger partial charge in [0.25, 0.3) is 0 Å². The third-order valence-corrected chi connectivity index (χ3v) is 3.22. The Morgan fingerprint density at radius 1 is 1.14 bits per heavy atom. The second kappa shape index (κ2) is 5.24. The number of rotatable bonds is 4. The molecular formula is C15H13N3O3. The van der Waals surface area contributed by atoms with Gasteiger partial charge in [0.05, 0.1) is 43.3 Å². The fraction of sp³-hybridized carbons (Fsp3) is 0.133. The zero-order valence-corrected chi connectivity index (χ0v) is 11.6. The summed E-state index contributed by atoms with van der Waals surface area (Å²) in [7, 11) is 3.07. The van der Waals surface area contributed by atoms with E-state index in [0.717, 1.165) is 0 Å². The molecule has 2 aromatic heterocycles. The van der Waals surface area contributed by atoms with Crippen molar-refractivity contribution in [3.8, 4) is 11.5 Å². The highest BCUT2D eigenvalue weighted by atomic mass is 16.5. The molecule has 6 heteroatoms. The molecule has 0 saturated carbocycles. The maximum atomic E-state index is 12.8. The monoisotopic (exact) mass is 283 g/mol. The van der Waals surface area contributed by atoms with Gasteiger partial charge in [0.1, 0.15) is 11.5 Å². The summed E-state index contributed by atoms with van der Waals surface area (Å²) in [5, 5.41) is 4.15. The maximum Gasteiger partial charge on any atom is 0.200 e. The fourth-order valence-electron chi connectivity index (χ4n) is 2.15. The predicted octanol–water partition coefficient (Wildman–Crippen LogP) is 1.98. The van der Waals surface area contributed by atoms with Gasteiger partial charge in [-0.05, 0) is 18.2 Å². The van der Waals surface area contributed by atoms with Crippen LogP contribution in [0.2, 0.25) is 0 Å². The Labute approximate surface area is 120 Å². The molecule has 1 aromatic carbocycles. The summed E-state index contributed by atoms with van der Waals surface area (Å²) < 4.78 is 12.0. The minimum absolute atomic E-state index is 0.186. The molecule has 0 fully saturated rings. The van der Waals surface area contributed by atoms with Crippen LogP contribution in [0.4, 0.5) is 0 Å². The van der Waals surface area contributed by atoms with Crippen molar-refractivity contribution in [1.82, 2.24) is 14.6 Å². The van der Waals surface area contributed by atoms with Crippen LogP contribution in [-0.2, 0) is 0 Å². The molecule has 21 heavy (non-hydrogen) atoms. The summed E-state index contributed by atoms with van der Waals surface area (Å²) in [6.07, 6.45) is 6.43. The minimum atomic E-state index is -0.186. The number of aromatic nitrogens is 3. The van der Waals surface area contributed by atoms with Gasteiger partial charge < -0.3 is 9.47 Å². The van der Waals surface area contributed by atoms with Crippen molar-refractivity contribution >= 4 is 11.3 Å². The Kier molecular flexibility index (Phi) is 3.27. The Morgan fingerprint density at radius 3 is 2.76 bits per heavy atom. The van der Waals surface area contributed by atoms with E-state index >= 15 is 0 Å². The number of ether oxygens (including phenoxy) is 2. The van der Waals surface area contributed by atoms with Crippen LogP contribution in [0.3, 0.4) is 0 Å². The molecule has 2 heterocycles. The van der Waals surface area contributed by atoms with Gasteiger partial charge in [0.2, 0.25) is 5.78 Å². The summed E-state index contributed by atoms with van der Waals surface area (Å²) in [4.78, 5) is 16.8. The van der Waals surface area contributed by atoms with E-state index in [4.69, 9.17) is 9.47 Å². The molecule has 0 spiro atoms. The summed E-state index contributed by atoms with van der Waals surface area (Å²) in [5.41, 5.74) is 1.54. The summed E-state index contributed by atoms with van der Waals surface area (Å²) in [6, 6.07) is 5.10. The zero-order valence-electron chi connectivity index (χ0n) is 11.6. The van der Waals surface area contributed by atoms with E-state index in [2.05, 4.69) is 10.1 Å². The van der Waals surface area contributed by atoms with Gasteiger partial charge in [-0.15, -0.1) is 0 Å². The Hall–Kier alpha value is -2.89. The molecule has 3 aromatic rings. The first-order valence-electron chi connectivity index (χ1n) is 6.28. The molecule has 0 N–H and O–H groups in total. The maximum absolute atomic E-state index is 12.8. The average Bonchev–Trinajstić information content (AvgIpc) is 2.97. The van der Waals surface area contributed by atoms with Crippen LogP contribution in [-0.4, -0.2) is 34.6 Å². The lowest BCUT2D eigenvalue weighted by Crippen LogP contribution is -2.04. The number of nitrogens with zero attached hydrogens (tertiary/aromatic N) is 3. The van der Waals surface area contributed by atoms with Gasteiger partial charge in [-0.2, -0.15) is 5.10 Å². The quantitative estimate of drug-likeness (QED) is 0.685. The van der Waals surface area contributed by atoms with Crippen molar-refractivity contribution in [3.63, 3.8) is 0 Å². The Balaban J connectivity index is 2.13. The number of hydrogen-bond donors (Lipinski definition) is 0. The van der Waals surface area contributed by atoms with E-state index in [0.29, 0.717) is 28.1 Å². The minimum Gasteiger partial charge on any atom is -0.497 e. The van der Waals surface area contributed by atoms with Crippen molar-refractivity contribution in [2.75, 3.05) is 14.2 Å². The Bertz CT molecular complexity index is 811. The zero-order chi connectivity index (χ0) is 14.8. The van der Waals surface area contributed by atoms with Crippen molar-refractivity contribution in [1.29, 1.82) is 0 Å². The first-order valence-corrected chi connectivity index (χ1v) is 6.28. The van der Waals surface area contributed by atoms with Crippen LogP contribution in [0.15, 0.2) is 43.0 Å². The molecule has 0 amide bonds. The van der Waals surface area contributed by atoms with Crippen LogP contribution in [0.5, 0.6) is 11.5 Å². The topological polar surface area (TPSA) is 65.7 Å². The highest BCUT2D eigenvalue weighted by molar-refractivity contribution is 6.14. The molecule has 0 radical (unpaired) electrons. The Morgan fingerprint density at radius 2 is 2.00 bits per heavy atom. The molecule has 0 bridgehead atoms. The van der Waals surface area contributed by atoms with Gasteiger partial charge in [0, 0.05) is 12.4 Å². The summed E-state index contributed by atoms with van der Waals surface area (Å²) in [5.74, 6) is 0.895. The smallest absolute Gasteiger partial charge is 0.200 e. The lowest BCUT2D eigenvalue weighted by Gasteiger charge is -2.09. The summed E-state index contributed by atoms with van der Waals surface area (Å²) >= 11 is 0. The lowest BCUT2D eigenvalue weighted by molar-refractivity contribution is 0.103. The number of hydrogen-bond acceptors (Lipinski definition) is 5. The largest absolute Gasteiger partial charge is 0.497 e. The predicted molar refractivity (Wildman–Crippen MR) is 76.0 cm³/mol. The van der Waals surface area contributed by atoms with Gasteiger partial charge >= 0.3 is 0 Å². The molecule has 0 atom stereocenters. The third kappa shape index (κ3) is 2.20. The lowest BCUT2D eigenvalue weighted by atomic mass is 10.0. The standard InChI is InChI=1S/C15H13N3O3/c1-20-10-3-4-14(21-2)11(7-10)15(19)12-8-17-18-6-5-16-9-13(12)18/h3-9H,1-2H3. The molecule has 3 rings (SSSR count). The van der Waals surface area contributed by atoms with Crippen LogP contribution < -0.4 is 9.47 Å². The van der Waals surface area contributed by atoms with Gasteiger partial charge in [-0.25, -0.2) is 4.52 Å². The molecule has 0 aliphatic rings. The van der Waals surface area contributed by atoms with E-state index in [1.54, 1.807) is 48.4 Å². The SMILES string of the molecule is COc1ccc(OC)c(C(=O)c2cnn3ccncc23)c1. The van der Waals surface area contributed by atoms with E-state index in [1.165, 1.54) is 13.3 Å². The summed E-state index contributed by atoms with van der Waals surface area (Å²) in [6.45, 7) is 0. The second-order valence-corrected chi connectivity index (χ2v) is 4.36. The fourth-order valence-corrected chi connectivity index (χ4v) is 2.15. The highest BCUT2D eigenvalue weighted by Crippen LogP contribution is 2.27. The number of methoxy groups -OCH3 is 2. The number of carbonyl (C=O) groups is 1. The molecular weight excluding hydrogens is 270 g/mol. The van der Waals surface area contributed by atoms with Gasteiger partial charge in [0.15, 0.2) is 0 Å². The van der Waals surface area contributed by atoms with Crippen LogP contribution in [0.1, 0.15) is 15.9 Å². The van der Waals surface area contributed by atoms with E-state index in [-0.39, 0.29) is 5.78 Å². The van der Waals surface area contributed by atoms with Crippen LogP contribution >= 0.6 is 0 Å². The van der Waals surface area contributed by atoms with Crippen molar-refractivity contribution in [2.24, 2.45) is 0 Å². The number of ketones is 1. The second-order valence-electron chi connectivity index (χ2n) is 4.36. The number of fused-ring (bicyclic) bond motifs is 1. The van der Waals surface area contributed by atoms with E-state index < -0.39 is 0 Å². The van der Waals surface area contributed by atoms with E-state index in [1.807, 2.05) is 0 Å². The van der Waals surface area contributed by atoms with E-state index in [9.17, 15) is 4.79 Å². The van der Waals surface area contributed by atoms with Gasteiger partial charge in [-0.3, -0.25) is 9.78 Å². The number of carbonyl (C=O) groups excluding carboxylic acids is 1. The highest BCUT2D eigenvalue weighted by Gasteiger charge is 2.19. The average molecular weight is 283 g/mol. The molecule has 0 saturated heterocycles. The normalized spacial score (nSPS) is 10.6. The molecule has 0 unspecified atom stereocenters. The van der Waals surface area contributed by atoms with Crippen molar-refractivity contribution < 1.29 is 14.3 Å². The molecule has 0 aliphatic heterocycles. The molecule has 0 aliphatic carbocycles. The van der Waals surface area contributed by atoms with Crippen molar-refractivity contribution in [2.45, 2.75) is 0 Å². The van der Waals surface area contributed by atoms with Crippen LogP contribution in [0, 0.1) is 0 Å². The first-order chi connectivity index (χ1) is 10.2. The van der Waals surface area contributed by atoms with Gasteiger partial charge in [-0.1, -0.05) is 0 Å². The van der Waals surface area contributed by atoms with Crippen LogP contribution in [0.25, 0.3) is 5.52 Å².